The van der Waals surface area contributed by atoms with Gasteiger partial charge in [0.2, 0.25) is 5.91 Å². The molecule has 2 aromatic rings. The number of hydrogen-bond donors (Lipinski definition) is 0. The number of fused-ring (bicyclic) bond motifs is 1. The largest absolute Gasteiger partial charge is 0.489 e. The normalized spacial score (nSPS) is 19.9. The highest BCUT2D eigenvalue weighted by molar-refractivity contribution is 5.78. The molecule has 4 heteroatoms. The lowest BCUT2D eigenvalue weighted by molar-refractivity contribution is -0.133. The first kappa shape index (κ1) is 18.9. The number of benzene rings is 2. The zero-order chi connectivity index (χ0) is 19.5. The van der Waals surface area contributed by atoms with Crippen molar-refractivity contribution >= 4 is 11.6 Å². The highest BCUT2D eigenvalue weighted by atomic mass is 16.5. The first-order chi connectivity index (χ1) is 13.6. The van der Waals surface area contributed by atoms with Crippen LogP contribution in [-0.4, -0.2) is 36.5 Å². The van der Waals surface area contributed by atoms with E-state index in [4.69, 9.17) is 4.74 Å². The van der Waals surface area contributed by atoms with Gasteiger partial charge < -0.3 is 14.5 Å². The number of ether oxygens (including phenoxy) is 1. The molecule has 2 aliphatic rings. The minimum Gasteiger partial charge on any atom is -0.489 e. The summed E-state index contributed by atoms with van der Waals surface area (Å²) >= 11 is 0. The van der Waals surface area contributed by atoms with E-state index in [1.807, 2.05) is 23.1 Å². The van der Waals surface area contributed by atoms with Gasteiger partial charge in [0.1, 0.15) is 12.4 Å². The third-order valence-electron chi connectivity index (χ3n) is 6.07. The molecule has 2 aliphatic heterocycles. The van der Waals surface area contributed by atoms with E-state index in [-0.39, 0.29) is 11.9 Å². The molecule has 0 radical (unpaired) electrons. The van der Waals surface area contributed by atoms with E-state index >= 15 is 0 Å². The molecular weight excluding hydrogens is 348 g/mol. The van der Waals surface area contributed by atoms with E-state index in [1.54, 1.807) is 0 Å². The molecule has 0 unspecified atom stereocenters. The first-order valence-electron chi connectivity index (χ1n) is 10.4. The van der Waals surface area contributed by atoms with Crippen LogP contribution < -0.4 is 9.64 Å². The number of likely N-dealkylation sites (tertiary alicyclic amines) is 1. The lowest BCUT2D eigenvalue weighted by Crippen LogP contribution is -2.47. The van der Waals surface area contributed by atoms with Crippen LogP contribution in [0.5, 0.6) is 5.75 Å². The third-order valence-corrected chi connectivity index (χ3v) is 6.07. The van der Waals surface area contributed by atoms with Crippen LogP contribution >= 0.6 is 0 Å². The van der Waals surface area contributed by atoms with Crippen molar-refractivity contribution in [3.05, 3.63) is 59.7 Å². The fraction of sp³-hybridized carbons (Fsp3) is 0.458. The van der Waals surface area contributed by atoms with Gasteiger partial charge in [0, 0.05) is 19.6 Å². The highest BCUT2D eigenvalue weighted by Crippen LogP contribution is 2.35. The average molecular weight is 379 g/mol. The number of nitrogens with zero attached hydrogens (tertiary/aromatic N) is 2. The number of para-hydroxylation sites is 2. The van der Waals surface area contributed by atoms with Gasteiger partial charge >= 0.3 is 0 Å². The second-order valence-corrected chi connectivity index (χ2v) is 8.31. The van der Waals surface area contributed by atoms with E-state index in [2.05, 4.69) is 49.1 Å². The lowest BCUT2D eigenvalue weighted by atomic mass is 9.98. The molecule has 1 atom stereocenters. The van der Waals surface area contributed by atoms with Crippen molar-refractivity contribution in [3.8, 4) is 5.75 Å². The fourth-order valence-corrected chi connectivity index (χ4v) is 4.15. The number of anilines is 1. The first-order valence-corrected chi connectivity index (χ1v) is 10.4. The van der Waals surface area contributed by atoms with Gasteiger partial charge in [0.25, 0.3) is 0 Å². The number of carbonyl (C=O) groups excluding carboxylic acids is 1. The van der Waals surface area contributed by atoms with Gasteiger partial charge in [-0.15, -0.1) is 0 Å². The Labute approximate surface area is 168 Å². The van der Waals surface area contributed by atoms with Gasteiger partial charge in [0.15, 0.2) is 0 Å². The van der Waals surface area contributed by atoms with Crippen molar-refractivity contribution in [1.29, 1.82) is 0 Å². The number of piperidine rings is 1. The molecule has 4 nitrogen and oxygen atoms in total. The topological polar surface area (TPSA) is 32.8 Å². The van der Waals surface area contributed by atoms with Crippen molar-refractivity contribution in [2.75, 3.05) is 24.6 Å². The Morgan fingerprint density at radius 3 is 2.54 bits per heavy atom. The highest BCUT2D eigenvalue weighted by Gasteiger charge is 2.31. The predicted octanol–water partition coefficient (Wildman–Crippen LogP) is 4.41. The van der Waals surface area contributed by atoms with Crippen molar-refractivity contribution in [3.63, 3.8) is 0 Å². The lowest BCUT2D eigenvalue weighted by Gasteiger charge is -2.40. The quantitative estimate of drug-likeness (QED) is 0.790. The van der Waals surface area contributed by atoms with E-state index in [0.717, 1.165) is 49.8 Å². The average Bonchev–Trinajstić information content (AvgIpc) is 2.71. The van der Waals surface area contributed by atoms with Crippen molar-refractivity contribution in [2.45, 2.75) is 45.7 Å². The monoisotopic (exact) mass is 378 g/mol. The van der Waals surface area contributed by atoms with E-state index < -0.39 is 0 Å². The third kappa shape index (κ3) is 4.16. The number of amides is 1. The summed E-state index contributed by atoms with van der Waals surface area (Å²) in [6, 6.07) is 16.9. The number of aryl methyl sites for hydroxylation is 1. The van der Waals surface area contributed by atoms with Gasteiger partial charge in [0.05, 0.1) is 18.2 Å². The molecule has 0 aromatic heterocycles. The SMILES string of the molecule is Cc1ccc(CN2c3ccccc3OC[C@@H]2CC(=O)N2CCC(C)CC2)cc1. The molecule has 1 amide bonds. The molecule has 1 fully saturated rings. The zero-order valence-corrected chi connectivity index (χ0v) is 16.9. The summed E-state index contributed by atoms with van der Waals surface area (Å²) in [6.45, 7) is 7.50. The van der Waals surface area contributed by atoms with E-state index in [9.17, 15) is 4.79 Å². The molecule has 0 saturated carbocycles. The molecule has 0 bridgehead atoms. The zero-order valence-electron chi connectivity index (χ0n) is 16.9. The standard InChI is InChI=1S/C24H30N2O2/c1-18-7-9-20(10-8-18)16-26-21(17-28-23-6-4-3-5-22(23)26)15-24(27)25-13-11-19(2)12-14-25/h3-10,19,21H,11-17H2,1-2H3/t21-/m0/s1. The van der Waals surface area contributed by atoms with Crippen molar-refractivity contribution < 1.29 is 9.53 Å². The number of rotatable bonds is 4. The van der Waals surface area contributed by atoms with Gasteiger partial charge in [-0.05, 0) is 43.4 Å². The van der Waals surface area contributed by atoms with E-state index in [0.29, 0.717) is 13.0 Å². The second kappa shape index (κ2) is 8.26. The van der Waals surface area contributed by atoms with Crippen LogP contribution in [0.25, 0.3) is 0 Å². The fourth-order valence-electron chi connectivity index (χ4n) is 4.15. The summed E-state index contributed by atoms with van der Waals surface area (Å²) in [5.41, 5.74) is 3.60. The molecule has 2 heterocycles. The summed E-state index contributed by atoms with van der Waals surface area (Å²) < 4.78 is 6.02. The van der Waals surface area contributed by atoms with E-state index in [1.165, 1.54) is 11.1 Å². The Balaban J connectivity index is 1.53. The minimum atomic E-state index is 0.0584. The molecule has 4 rings (SSSR count). The maximum absolute atomic E-state index is 13.0. The molecule has 0 spiro atoms. The van der Waals surface area contributed by atoms with Crippen LogP contribution in [-0.2, 0) is 11.3 Å². The molecule has 2 aromatic carbocycles. The Hall–Kier alpha value is -2.49. The Morgan fingerprint density at radius 1 is 1.07 bits per heavy atom. The van der Waals surface area contributed by atoms with Crippen LogP contribution in [0.1, 0.15) is 37.3 Å². The van der Waals surface area contributed by atoms with Gasteiger partial charge in [-0.25, -0.2) is 0 Å². The van der Waals surface area contributed by atoms with Crippen LogP contribution in [0.15, 0.2) is 48.5 Å². The Bertz CT molecular complexity index is 810. The number of hydrogen-bond acceptors (Lipinski definition) is 3. The summed E-state index contributed by atoms with van der Waals surface area (Å²) in [4.78, 5) is 17.4. The van der Waals surface area contributed by atoms with Gasteiger partial charge in [-0.3, -0.25) is 4.79 Å². The molecule has 0 aliphatic carbocycles. The van der Waals surface area contributed by atoms with Crippen LogP contribution in [0.2, 0.25) is 0 Å². The minimum absolute atomic E-state index is 0.0584. The summed E-state index contributed by atoms with van der Waals surface area (Å²) in [5, 5.41) is 0. The molecule has 28 heavy (non-hydrogen) atoms. The summed E-state index contributed by atoms with van der Waals surface area (Å²) in [7, 11) is 0. The van der Waals surface area contributed by atoms with Gasteiger partial charge in [-0.2, -0.15) is 0 Å². The van der Waals surface area contributed by atoms with Crippen molar-refractivity contribution in [2.24, 2.45) is 5.92 Å². The maximum Gasteiger partial charge on any atom is 0.224 e. The van der Waals surface area contributed by atoms with Crippen LogP contribution in [0.4, 0.5) is 5.69 Å². The Morgan fingerprint density at radius 2 is 1.79 bits per heavy atom. The molecular formula is C24H30N2O2. The summed E-state index contributed by atoms with van der Waals surface area (Å²) in [6.07, 6.45) is 2.74. The molecule has 0 N–H and O–H groups in total. The molecule has 148 valence electrons. The van der Waals surface area contributed by atoms with Crippen LogP contribution in [0, 0.1) is 12.8 Å². The maximum atomic E-state index is 13.0. The van der Waals surface area contributed by atoms with Crippen LogP contribution in [0.3, 0.4) is 0 Å². The smallest absolute Gasteiger partial charge is 0.224 e. The summed E-state index contributed by atoms with van der Waals surface area (Å²) in [5.74, 6) is 1.89. The Kier molecular flexibility index (Phi) is 5.56. The van der Waals surface area contributed by atoms with Crippen molar-refractivity contribution in [1.82, 2.24) is 4.90 Å². The van der Waals surface area contributed by atoms with Gasteiger partial charge in [-0.1, -0.05) is 48.9 Å². The second-order valence-electron chi connectivity index (χ2n) is 8.31. The number of carbonyl (C=O) groups is 1. The predicted molar refractivity (Wildman–Crippen MR) is 113 cm³/mol. The molecule has 1 saturated heterocycles.